The van der Waals surface area contributed by atoms with Gasteiger partial charge >= 0.3 is 0 Å². The van der Waals surface area contributed by atoms with Crippen molar-refractivity contribution in [3.05, 3.63) is 71.5 Å². The number of amides is 1. The Balaban J connectivity index is 1.37. The highest BCUT2D eigenvalue weighted by Gasteiger charge is 2.21. The maximum absolute atomic E-state index is 12.8. The van der Waals surface area contributed by atoms with Crippen LogP contribution in [0.2, 0.25) is 0 Å². The first kappa shape index (κ1) is 18.4. The van der Waals surface area contributed by atoms with Gasteiger partial charge in [0.15, 0.2) is 5.82 Å². The minimum atomic E-state index is 0.108. The van der Waals surface area contributed by atoms with E-state index >= 15 is 0 Å². The van der Waals surface area contributed by atoms with E-state index in [9.17, 15) is 4.79 Å². The lowest BCUT2D eigenvalue weighted by Crippen LogP contribution is -2.35. The largest absolute Gasteiger partial charge is 0.337 e. The van der Waals surface area contributed by atoms with Gasteiger partial charge in [-0.05, 0) is 37.6 Å². The number of hydrogen-bond acceptors (Lipinski definition) is 5. The molecule has 3 aromatic rings. The summed E-state index contributed by atoms with van der Waals surface area (Å²) in [6, 6.07) is 17.6. The van der Waals surface area contributed by atoms with Crippen LogP contribution in [0.3, 0.4) is 0 Å². The topological polar surface area (TPSA) is 62.5 Å². The number of nitrogens with zero attached hydrogens (tertiary/aromatic N) is 4. The smallest absolute Gasteiger partial charge is 0.257 e. The Morgan fingerprint density at radius 3 is 2.71 bits per heavy atom. The number of hydrogen-bond donors (Lipinski definition) is 0. The minimum absolute atomic E-state index is 0.108. The van der Waals surface area contributed by atoms with Gasteiger partial charge in [-0.25, -0.2) is 0 Å². The summed E-state index contributed by atoms with van der Waals surface area (Å²) < 4.78 is 5.40. The molecule has 1 amide bonds. The number of aromatic nitrogens is 2. The molecule has 1 fully saturated rings. The van der Waals surface area contributed by atoms with Crippen molar-refractivity contribution in [1.82, 2.24) is 19.9 Å². The highest BCUT2D eigenvalue weighted by molar-refractivity contribution is 5.94. The first-order valence-corrected chi connectivity index (χ1v) is 9.65. The predicted octanol–water partition coefficient (Wildman–Crippen LogP) is 3.39. The summed E-state index contributed by atoms with van der Waals surface area (Å²) in [6.07, 6.45) is 0.931. The fraction of sp³-hybridized carbons (Fsp3) is 0.318. The van der Waals surface area contributed by atoms with Gasteiger partial charge in [0.2, 0.25) is 0 Å². The molecule has 28 heavy (non-hydrogen) atoms. The van der Waals surface area contributed by atoms with E-state index in [1.54, 1.807) is 0 Å². The molecular weight excluding hydrogens is 352 g/mol. The maximum atomic E-state index is 12.8. The van der Waals surface area contributed by atoms with Crippen molar-refractivity contribution in [3.63, 3.8) is 0 Å². The monoisotopic (exact) mass is 376 g/mol. The third kappa shape index (κ3) is 4.28. The van der Waals surface area contributed by atoms with E-state index in [4.69, 9.17) is 4.52 Å². The van der Waals surface area contributed by atoms with E-state index in [-0.39, 0.29) is 5.91 Å². The van der Waals surface area contributed by atoms with Crippen LogP contribution in [0.4, 0.5) is 0 Å². The Morgan fingerprint density at radius 2 is 1.89 bits per heavy atom. The van der Waals surface area contributed by atoms with Gasteiger partial charge in [0.25, 0.3) is 11.8 Å². The summed E-state index contributed by atoms with van der Waals surface area (Å²) in [6.45, 7) is 5.82. The van der Waals surface area contributed by atoms with Gasteiger partial charge in [-0.3, -0.25) is 9.69 Å². The van der Waals surface area contributed by atoms with Gasteiger partial charge < -0.3 is 9.42 Å². The van der Waals surface area contributed by atoms with Crippen LogP contribution in [0.1, 0.15) is 28.2 Å². The number of benzene rings is 2. The van der Waals surface area contributed by atoms with Gasteiger partial charge in [-0.15, -0.1) is 0 Å². The quantitative estimate of drug-likeness (QED) is 0.698. The van der Waals surface area contributed by atoms with Crippen LogP contribution in [-0.2, 0) is 6.54 Å². The fourth-order valence-electron chi connectivity index (χ4n) is 3.51. The predicted molar refractivity (Wildman–Crippen MR) is 107 cm³/mol. The van der Waals surface area contributed by atoms with Gasteiger partial charge in [0, 0.05) is 37.3 Å². The molecule has 1 aliphatic rings. The zero-order chi connectivity index (χ0) is 19.3. The second-order valence-electron chi connectivity index (χ2n) is 7.17. The van der Waals surface area contributed by atoms with Crippen LogP contribution in [0.25, 0.3) is 11.5 Å². The van der Waals surface area contributed by atoms with Crippen molar-refractivity contribution in [2.24, 2.45) is 0 Å². The SMILES string of the molecule is Cc1cccc(C(=O)N2CCCN(Cc3noc(-c4ccccc4)n3)CC2)c1. The summed E-state index contributed by atoms with van der Waals surface area (Å²) in [4.78, 5) is 21.5. The van der Waals surface area contributed by atoms with Crippen LogP contribution in [-0.4, -0.2) is 52.0 Å². The molecule has 0 unspecified atom stereocenters. The molecule has 6 heteroatoms. The third-order valence-corrected chi connectivity index (χ3v) is 4.99. The second-order valence-corrected chi connectivity index (χ2v) is 7.17. The van der Waals surface area contributed by atoms with E-state index in [0.717, 1.165) is 42.7 Å². The molecule has 144 valence electrons. The first-order valence-electron chi connectivity index (χ1n) is 9.65. The Labute approximate surface area is 164 Å². The highest BCUT2D eigenvalue weighted by Crippen LogP contribution is 2.17. The molecule has 0 aliphatic carbocycles. The lowest BCUT2D eigenvalue weighted by molar-refractivity contribution is 0.0761. The number of carbonyl (C=O) groups excluding carboxylic acids is 1. The van der Waals surface area contributed by atoms with Crippen molar-refractivity contribution in [2.45, 2.75) is 19.9 Å². The number of rotatable bonds is 4. The van der Waals surface area contributed by atoms with Crippen molar-refractivity contribution in [2.75, 3.05) is 26.2 Å². The normalized spacial score (nSPS) is 15.4. The summed E-state index contributed by atoms with van der Waals surface area (Å²) >= 11 is 0. The molecule has 1 aromatic heterocycles. The molecule has 4 rings (SSSR count). The lowest BCUT2D eigenvalue weighted by atomic mass is 10.1. The Kier molecular flexibility index (Phi) is 5.48. The van der Waals surface area contributed by atoms with Crippen LogP contribution in [0.5, 0.6) is 0 Å². The zero-order valence-electron chi connectivity index (χ0n) is 16.0. The Hall–Kier alpha value is -2.99. The van der Waals surface area contributed by atoms with Gasteiger partial charge in [0.1, 0.15) is 0 Å². The molecule has 0 bridgehead atoms. The maximum Gasteiger partial charge on any atom is 0.257 e. The first-order chi connectivity index (χ1) is 13.7. The van der Waals surface area contributed by atoms with E-state index < -0.39 is 0 Å². The van der Waals surface area contributed by atoms with Crippen molar-refractivity contribution < 1.29 is 9.32 Å². The number of carbonyl (C=O) groups is 1. The molecule has 0 radical (unpaired) electrons. The molecule has 0 spiro atoms. The molecule has 2 aromatic carbocycles. The van der Waals surface area contributed by atoms with Crippen LogP contribution in [0.15, 0.2) is 59.1 Å². The van der Waals surface area contributed by atoms with Crippen LogP contribution in [0, 0.1) is 6.92 Å². The minimum Gasteiger partial charge on any atom is -0.337 e. The Bertz CT molecular complexity index is 938. The molecule has 0 atom stereocenters. The van der Waals surface area contributed by atoms with Crippen molar-refractivity contribution in [1.29, 1.82) is 0 Å². The van der Waals surface area contributed by atoms with Crippen molar-refractivity contribution in [3.8, 4) is 11.5 Å². The average Bonchev–Trinajstić information content (AvgIpc) is 3.06. The second kappa shape index (κ2) is 8.35. The van der Waals surface area contributed by atoms with Gasteiger partial charge in [0.05, 0.1) is 6.54 Å². The highest BCUT2D eigenvalue weighted by atomic mass is 16.5. The van der Waals surface area contributed by atoms with E-state index in [1.165, 1.54) is 0 Å². The summed E-state index contributed by atoms with van der Waals surface area (Å²) in [5, 5.41) is 4.12. The molecular formula is C22H24N4O2. The molecule has 1 saturated heterocycles. The standard InChI is InChI=1S/C22H24N4O2/c1-17-7-5-10-19(15-17)22(27)26-12-6-11-25(13-14-26)16-20-23-21(28-24-20)18-8-3-2-4-9-18/h2-5,7-10,15H,6,11-14,16H2,1H3. The number of aryl methyl sites for hydroxylation is 1. The zero-order valence-corrected chi connectivity index (χ0v) is 16.0. The molecule has 2 heterocycles. The summed E-state index contributed by atoms with van der Waals surface area (Å²) in [5.41, 5.74) is 2.79. The Morgan fingerprint density at radius 1 is 1.04 bits per heavy atom. The average molecular weight is 376 g/mol. The van der Waals surface area contributed by atoms with Gasteiger partial charge in [-0.2, -0.15) is 4.98 Å². The molecule has 1 aliphatic heterocycles. The van der Waals surface area contributed by atoms with Crippen LogP contribution >= 0.6 is 0 Å². The molecule has 0 saturated carbocycles. The molecule has 0 N–H and O–H groups in total. The fourth-order valence-corrected chi connectivity index (χ4v) is 3.51. The third-order valence-electron chi connectivity index (χ3n) is 4.99. The van der Waals surface area contributed by atoms with Crippen molar-refractivity contribution >= 4 is 5.91 Å². The van der Waals surface area contributed by atoms with Gasteiger partial charge in [-0.1, -0.05) is 41.1 Å². The van der Waals surface area contributed by atoms with E-state index in [1.807, 2.05) is 66.4 Å². The lowest BCUT2D eigenvalue weighted by Gasteiger charge is -2.21. The van der Waals surface area contributed by atoms with E-state index in [2.05, 4.69) is 15.0 Å². The van der Waals surface area contributed by atoms with Crippen LogP contribution < -0.4 is 0 Å². The molecule has 6 nitrogen and oxygen atoms in total. The van der Waals surface area contributed by atoms with E-state index in [0.29, 0.717) is 24.8 Å². The summed E-state index contributed by atoms with van der Waals surface area (Å²) in [5.74, 6) is 1.33. The summed E-state index contributed by atoms with van der Waals surface area (Å²) in [7, 11) is 0.